The molecule has 2 aromatic heterocycles. The molecular weight excluding hydrogens is 320 g/mol. The average molecular weight is 330 g/mol. The van der Waals surface area contributed by atoms with Crippen LogP contribution in [0.2, 0.25) is 5.15 Å². The maximum atomic E-state index is 12.0. The smallest absolute Gasteiger partial charge is 0.259 e. The topological polar surface area (TPSA) is 55.1 Å². The molecule has 6 heteroatoms. The predicted octanol–water partition coefficient (Wildman–Crippen LogP) is 3.91. The van der Waals surface area contributed by atoms with E-state index in [-0.39, 0.29) is 5.91 Å². The molecule has 0 aliphatic rings. The molecule has 94 valence electrons. The van der Waals surface area contributed by atoms with E-state index in [9.17, 15) is 4.79 Å². The van der Waals surface area contributed by atoms with Crippen molar-refractivity contribution < 1.29 is 9.21 Å². The molecule has 0 saturated carbocycles. The lowest BCUT2D eigenvalue weighted by atomic mass is 10.2. The molecule has 0 saturated heterocycles. The van der Waals surface area contributed by atoms with E-state index in [0.717, 1.165) is 0 Å². The number of furan rings is 1. The molecule has 0 aliphatic carbocycles. The minimum absolute atomic E-state index is 0.225. The molecule has 0 atom stereocenters. The van der Waals surface area contributed by atoms with Gasteiger partial charge < -0.3 is 9.73 Å². The highest BCUT2D eigenvalue weighted by molar-refractivity contribution is 9.10. The average Bonchev–Trinajstić information content (AvgIpc) is 2.82. The van der Waals surface area contributed by atoms with Crippen LogP contribution in [-0.2, 0) is 6.42 Å². The molecule has 0 spiro atoms. The van der Waals surface area contributed by atoms with Crippen LogP contribution in [0.1, 0.15) is 23.0 Å². The maximum absolute atomic E-state index is 12.0. The van der Waals surface area contributed by atoms with Gasteiger partial charge in [0.25, 0.3) is 5.91 Å². The Morgan fingerprint density at radius 3 is 3.06 bits per heavy atom. The van der Waals surface area contributed by atoms with Gasteiger partial charge in [-0.2, -0.15) is 0 Å². The Bertz CT molecular complexity index is 583. The Morgan fingerprint density at radius 2 is 2.39 bits per heavy atom. The van der Waals surface area contributed by atoms with Crippen molar-refractivity contribution in [2.75, 3.05) is 5.32 Å². The number of pyridine rings is 1. The van der Waals surface area contributed by atoms with Crippen LogP contribution in [-0.4, -0.2) is 10.9 Å². The summed E-state index contributed by atoms with van der Waals surface area (Å²) in [7, 11) is 0. The van der Waals surface area contributed by atoms with Crippen molar-refractivity contribution in [3.05, 3.63) is 45.5 Å². The van der Waals surface area contributed by atoms with Gasteiger partial charge in [0.2, 0.25) is 0 Å². The van der Waals surface area contributed by atoms with E-state index in [1.54, 1.807) is 12.1 Å². The lowest BCUT2D eigenvalue weighted by Crippen LogP contribution is -2.12. The van der Waals surface area contributed by atoms with Crippen molar-refractivity contribution in [2.45, 2.75) is 13.3 Å². The molecule has 4 nitrogen and oxygen atoms in total. The van der Waals surface area contributed by atoms with E-state index in [0.29, 0.717) is 33.1 Å². The Morgan fingerprint density at radius 1 is 1.61 bits per heavy atom. The third-order valence-electron chi connectivity index (χ3n) is 2.37. The second-order valence-electron chi connectivity index (χ2n) is 3.56. The van der Waals surface area contributed by atoms with Crippen LogP contribution >= 0.6 is 27.5 Å². The first kappa shape index (κ1) is 13.1. The number of anilines is 1. The minimum atomic E-state index is -0.225. The number of nitrogens with zero attached hydrogens (tertiary/aromatic N) is 1. The molecular formula is C12H10BrClN2O2. The van der Waals surface area contributed by atoms with Crippen LogP contribution in [0, 0.1) is 0 Å². The van der Waals surface area contributed by atoms with Gasteiger partial charge in [-0.1, -0.05) is 18.5 Å². The highest BCUT2D eigenvalue weighted by atomic mass is 79.9. The molecule has 2 heterocycles. The summed E-state index contributed by atoms with van der Waals surface area (Å²) in [5, 5.41) is 3.09. The number of hydrogen-bond donors (Lipinski definition) is 1. The summed E-state index contributed by atoms with van der Waals surface area (Å²) in [6, 6.07) is 3.34. The fraction of sp³-hybridized carbons (Fsp3) is 0.167. The van der Waals surface area contributed by atoms with E-state index in [1.165, 1.54) is 12.5 Å². The molecule has 18 heavy (non-hydrogen) atoms. The van der Waals surface area contributed by atoms with Crippen molar-refractivity contribution in [1.82, 2.24) is 4.98 Å². The van der Waals surface area contributed by atoms with E-state index < -0.39 is 0 Å². The van der Waals surface area contributed by atoms with E-state index in [1.807, 2.05) is 6.92 Å². The Kier molecular flexibility index (Phi) is 4.04. The molecule has 0 bridgehead atoms. The number of halogens is 2. The summed E-state index contributed by atoms with van der Waals surface area (Å²) in [6.45, 7) is 1.93. The highest BCUT2D eigenvalue weighted by Crippen LogP contribution is 2.23. The lowest BCUT2D eigenvalue weighted by molar-refractivity contribution is 0.102. The molecule has 0 fully saturated rings. The SMILES string of the molecule is CCc1occc1C(=O)Nc1cnc(Cl)c(Br)c1. The number of nitrogens with one attached hydrogen (secondary N) is 1. The van der Waals surface area contributed by atoms with Gasteiger partial charge in [-0.15, -0.1) is 0 Å². The summed E-state index contributed by atoms with van der Waals surface area (Å²) >= 11 is 9.03. The molecule has 2 aromatic rings. The summed E-state index contributed by atoms with van der Waals surface area (Å²) in [5.41, 5.74) is 1.10. The van der Waals surface area contributed by atoms with Crippen LogP contribution in [0.4, 0.5) is 5.69 Å². The molecule has 0 unspecified atom stereocenters. The van der Waals surface area contributed by atoms with Gasteiger partial charge in [0.1, 0.15) is 10.9 Å². The number of carbonyl (C=O) groups is 1. The Balaban J connectivity index is 2.19. The third kappa shape index (κ3) is 2.73. The fourth-order valence-corrected chi connectivity index (χ4v) is 1.96. The number of hydrogen-bond acceptors (Lipinski definition) is 3. The first-order valence-corrected chi connectivity index (χ1v) is 6.47. The number of aromatic nitrogens is 1. The monoisotopic (exact) mass is 328 g/mol. The van der Waals surface area contributed by atoms with Crippen LogP contribution in [0.15, 0.2) is 33.5 Å². The fourth-order valence-electron chi connectivity index (χ4n) is 1.50. The first-order chi connectivity index (χ1) is 8.61. The van der Waals surface area contributed by atoms with Crippen LogP contribution in [0.3, 0.4) is 0 Å². The quantitative estimate of drug-likeness (QED) is 0.869. The summed E-state index contributed by atoms with van der Waals surface area (Å²) in [4.78, 5) is 15.9. The van der Waals surface area contributed by atoms with Crippen molar-refractivity contribution in [1.29, 1.82) is 0 Å². The molecule has 0 aromatic carbocycles. The van der Waals surface area contributed by atoms with Gasteiger partial charge in [-0.3, -0.25) is 4.79 Å². The third-order valence-corrected chi connectivity index (χ3v) is 3.50. The number of rotatable bonds is 3. The minimum Gasteiger partial charge on any atom is -0.469 e. The van der Waals surface area contributed by atoms with Gasteiger partial charge in [0, 0.05) is 6.42 Å². The summed E-state index contributed by atoms with van der Waals surface area (Å²) in [6.07, 6.45) is 3.67. The van der Waals surface area contributed by atoms with Crippen molar-refractivity contribution in [2.24, 2.45) is 0 Å². The van der Waals surface area contributed by atoms with E-state index >= 15 is 0 Å². The standard InChI is InChI=1S/C12H10BrClN2O2/c1-2-10-8(3-4-18-10)12(17)16-7-5-9(13)11(14)15-6-7/h3-6H,2H2,1H3,(H,16,17). The molecule has 1 amide bonds. The van der Waals surface area contributed by atoms with Gasteiger partial charge in [0.15, 0.2) is 0 Å². The van der Waals surface area contributed by atoms with Gasteiger partial charge >= 0.3 is 0 Å². The van der Waals surface area contributed by atoms with Crippen LogP contribution in [0.25, 0.3) is 0 Å². The molecule has 1 N–H and O–H groups in total. The Hall–Kier alpha value is -1.33. The lowest BCUT2D eigenvalue weighted by Gasteiger charge is -2.05. The van der Waals surface area contributed by atoms with Gasteiger partial charge in [0.05, 0.1) is 28.2 Å². The highest BCUT2D eigenvalue weighted by Gasteiger charge is 2.13. The molecule has 2 rings (SSSR count). The van der Waals surface area contributed by atoms with Crippen LogP contribution < -0.4 is 5.32 Å². The largest absolute Gasteiger partial charge is 0.469 e. The van der Waals surface area contributed by atoms with Gasteiger partial charge in [-0.05, 0) is 28.1 Å². The summed E-state index contributed by atoms with van der Waals surface area (Å²) in [5.74, 6) is 0.435. The second-order valence-corrected chi connectivity index (χ2v) is 4.77. The molecule has 0 radical (unpaired) electrons. The summed E-state index contributed by atoms with van der Waals surface area (Å²) < 4.78 is 5.84. The van der Waals surface area contributed by atoms with Crippen molar-refractivity contribution in [3.8, 4) is 0 Å². The van der Waals surface area contributed by atoms with E-state index in [4.69, 9.17) is 16.0 Å². The second kappa shape index (κ2) is 5.54. The Labute approximate surface area is 117 Å². The van der Waals surface area contributed by atoms with Crippen LogP contribution in [0.5, 0.6) is 0 Å². The van der Waals surface area contributed by atoms with Gasteiger partial charge in [-0.25, -0.2) is 4.98 Å². The van der Waals surface area contributed by atoms with Crippen molar-refractivity contribution in [3.63, 3.8) is 0 Å². The number of amides is 1. The zero-order chi connectivity index (χ0) is 13.1. The first-order valence-electron chi connectivity index (χ1n) is 5.30. The van der Waals surface area contributed by atoms with E-state index in [2.05, 4.69) is 26.2 Å². The maximum Gasteiger partial charge on any atom is 0.259 e. The zero-order valence-corrected chi connectivity index (χ0v) is 11.9. The number of carbonyl (C=O) groups excluding carboxylic acids is 1. The molecule has 0 aliphatic heterocycles. The normalized spacial score (nSPS) is 10.4. The van der Waals surface area contributed by atoms with Crippen molar-refractivity contribution >= 4 is 39.1 Å². The predicted molar refractivity (Wildman–Crippen MR) is 73.0 cm³/mol. The number of aryl methyl sites for hydroxylation is 1. The zero-order valence-electron chi connectivity index (χ0n) is 9.54.